The van der Waals surface area contributed by atoms with E-state index in [0.29, 0.717) is 23.9 Å². The molecule has 1 aliphatic heterocycles. The number of aromatic nitrogens is 2. The number of aryl methyl sites for hydroxylation is 1. The van der Waals surface area contributed by atoms with E-state index in [1.54, 1.807) is 29.6 Å². The maximum Gasteiger partial charge on any atom is 0.238 e. The Labute approximate surface area is 186 Å². The van der Waals surface area contributed by atoms with Crippen LogP contribution in [0.15, 0.2) is 61.2 Å². The number of carbonyl (C=O) groups is 1. The van der Waals surface area contributed by atoms with Crippen molar-refractivity contribution in [3.8, 4) is 17.2 Å². The van der Waals surface area contributed by atoms with E-state index in [0.717, 1.165) is 22.5 Å². The number of fused-ring (bicyclic) bond motifs is 1. The van der Waals surface area contributed by atoms with E-state index in [1.807, 2.05) is 62.4 Å². The van der Waals surface area contributed by atoms with Gasteiger partial charge in [-0.1, -0.05) is 43.0 Å². The molecule has 1 N–H and O–H groups in total. The van der Waals surface area contributed by atoms with E-state index in [4.69, 9.17) is 14.6 Å². The molecule has 2 heterocycles. The van der Waals surface area contributed by atoms with Crippen molar-refractivity contribution in [3.05, 3.63) is 78.0 Å². The predicted octanol–water partition coefficient (Wildman–Crippen LogP) is 4.92. The Kier molecular flexibility index (Phi) is 6.04. The number of rotatable bonds is 6. The van der Waals surface area contributed by atoms with Crippen molar-refractivity contribution in [2.75, 3.05) is 19.0 Å². The molecule has 0 saturated heterocycles. The van der Waals surface area contributed by atoms with Crippen LogP contribution < -0.4 is 14.8 Å². The molecule has 0 fully saturated rings. The van der Waals surface area contributed by atoms with E-state index < -0.39 is 0 Å². The highest BCUT2D eigenvalue weighted by molar-refractivity contribution is 8.01. The third kappa shape index (κ3) is 3.93. The molecule has 6 nitrogen and oxygen atoms in total. The lowest BCUT2D eigenvalue weighted by molar-refractivity contribution is -0.115. The summed E-state index contributed by atoms with van der Waals surface area (Å²) in [7, 11) is 1.62. The van der Waals surface area contributed by atoms with Gasteiger partial charge in [0.25, 0.3) is 0 Å². The number of methoxy groups -OCH3 is 1. The third-order valence-electron chi connectivity index (χ3n) is 5.18. The Morgan fingerprint density at radius 3 is 2.71 bits per heavy atom. The standard InChI is InChI=1S/C24H25N3O3S/c1-5-14-30-21-18(12-9-13-19(21)29-4)22-20-15(2)26-27(17-10-7-6-8-11-17)23(20)25-24(28)16(3)31-22/h5-13,16,22H,1,14H2,2-4H3,(H,25,28). The summed E-state index contributed by atoms with van der Waals surface area (Å²) < 4.78 is 13.4. The van der Waals surface area contributed by atoms with Crippen LogP contribution in [0.4, 0.5) is 5.82 Å². The molecule has 0 saturated carbocycles. The van der Waals surface area contributed by atoms with Gasteiger partial charge in [-0.05, 0) is 32.0 Å². The van der Waals surface area contributed by atoms with Gasteiger partial charge in [0.1, 0.15) is 12.4 Å². The van der Waals surface area contributed by atoms with Crippen molar-refractivity contribution < 1.29 is 14.3 Å². The van der Waals surface area contributed by atoms with Crippen molar-refractivity contribution >= 4 is 23.5 Å². The SMILES string of the molecule is C=CCOc1c(OC)cccc1C1SC(C)C(=O)Nc2c1c(C)nn2-c1ccccc1. The average Bonchev–Trinajstić information content (AvgIpc) is 3.04. The van der Waals surface area contributed by atoms with Crippen molar-refractivity contribution in [1.29, 1.82) is 0 Å². The Morgan fingerprint density at radius 2 is 2.00 bits per heavy atom. The second kappa shape index (κ2) is 8.89. The highest BCUT2D eigenvalue weighted by Gasteiger charge is 2.36. The summed E-state index contributed by atoms with van der Waals surface area (Å²) >= 11 is 1.57. The minimum Gasteiger partial charge on any atom is -0.493 e. The van der Waals surface area contributed by atoms with E-state index in [1.165, 1.54) is 0 Å². The molecule has 4 rings (SSSR count). The van der Waals surface area contributed by atoms with Crippen molar-refractivity contribution in [2.45, 2.75) is 24.3 Å². The predicted molar refractivity (Wildman–Crippen MR) is 125 cm³/mol. The molecule has 3 aromatic rings. The van der Waals surface area contributed by atoms with E-state index >= 15 is 0 Å². The number of anilines is 1. The molecule has 160 valence electrons. The number of ether oxygens (including phenoxy) is 2. The monoisotopic (exact) mass is 435 g/mol. The molecule has 31 heavy (non-hydrogen) atoms. The fraction of sp³-hybridized carbons (Fsp3) is 0.250. The highest BCUT2D eigenvalue weighted by Crippen LogP contribution is 2.50. The molecule has 0 aliphatic carbocycles. The number of benzene rings is 2. The summed E-state index contributed by atoms with van der Waals surface area (Å²) in [5.41, 5.74) is 3.64. The molecule has 0 bridgehead atoms. The van der Waals surface area contributed by atoms with Crippen LogP contribution in [-0.2, 0) is 4.79 Å². The Bertz CT molecular complexity index is 1110. The number of hydrogen-bond acceptors (Lipinski definition) is 5. The molecule has 2 unspecified atom stereocenters. The summed E-state index contributed by atoms with van der Waals surface area (Å²) in [5, 5.41) is 7.44. The van der Waals surface area contributed by atoms with Gasteiger partial charge in [-0.2, -0.15) is 5.10 Å². The number of carbonyl (C=O) groups excluding carboxylic acids is 1. The van der Waals surface area contributed by atoms with Gasteiger partial charge in [0.05, 0.1) is 29.0 Å². The zero-order valence-electron chi connectivity index (χ0n) is 17.8. The molecule has 0 radical (unpaired) electrons. The van der Waals surface area contributed by atoms with Crippen molar-refractivity contribution in [2.24, 2.45) is 0 Å². The number of nitrogens with zero attached hydrogens (tertiary/aromatic N) is 2. The van der Waals surface area contributed by atoms with E-state index in [-0.39, 0.29) is 16.4 Å². The topological polar surface area (TPSA) is 65.4 Å². The summed E-state index contributed by atoms with van der Waals surface area (Å²) in [6.07, 6.45) is 1.70. The smallest absolute Gasteiger partial charge is 0.238 e. The first-order valence-corrected chi connectivity index (χ1v) is 11.0. The first-order valence-electron chi connectivity index (χ1n) is 10.1. The summed E-state index contributed by atoms with van der Waals surface area (Å²) in [6, 6.07) is 15.6. The van der Waals surface area contributed by atoms with Crippen LogP contribution in [0.2, 0.25) is 0 Å². The normalized spacial score (nSPS) is 18.0. The lowest BCUT2D eigenvalue weighted by Crippen LogP contribution is -2.22. The second-order valence-electron chi connectivity index (χ2n) is 7.22. The Hall–Kier alpha value is -3.19. The molecule has 7 heteroatoms. The van der Waals surface area contributed by atoms with Crippen LogP contribution in [0.1, 0.15) is 29.0 Å². The molecular formula is C24H25N3O3S. The Balaban J connectivity index is 1.93. The summed E-state index contributed by atoms with van der Waals surface area (Å²) in [6.45, 7) is 8.00. The minimum absolute atomic E-state index is 0.0534. The molecule has 0 spiro atoms. The summed E-state index contributed by atoms with van der Waals surface area (Å²) in [4.78, 5) is 12.9. The minimum atomic E-state index is -0.264. The maximum atomic E-state index is 12.9. The number of hydrogen-bond donors (Lipinski definition) is 1. The van der Waals surface area contributed by atoms with Crippen LogP contribution in [0.3, 0.4) is 0 Å². The average molecular weight is 436 g/mol. The molecule has 1 aliphatic rings. The van der Waals surface area contributed by atoms with Crippen molar-refractivity contribution in [3.63, 3.8) is 0 Å². The molecule has 2 atom stereocenters. The number of thioether (sulfide) groups is 1. The van der Waals surface area contributed by atoms with Crippen LogP contribution in [-0.4, -0.2) is 34.7 Å². The molecule has 1 amide bonds. The fourth-order valence-electron chi connectivity index (χ4n) is 3.71. The number of amides is 1. The Morgan fingerprint density at radius 1 is 1.23 bits per heavy atom. The molecule has 1 aromatic heterocycles. The zero-order valence-corrected chi connectivity index (χ0v) is 18.6. The maximum absolute atomic E-state index is 12.9. The number of nitrogens with one attached hydrogen (secondary N) is 1. The van der Waals surface area contributed by atoms with Crippen LogP contribution >= 0.6 is 11.8 Å². The van der Waals surface area contributed by atoms with Gasteiger partial charge in [0.15, 0.2) is 11.5 Å². The van der Waals surface area contributed by atoms with Gasteiger partial charge >= 0.3 is 0 Å². The van der Waals surface area contributed by atoms with Gasteiger partial charge in [0, 0.05) is 11.1 Å². The molecular weight excluding hydrogens is 410 g/mol. The summed E-state index contributed by atoms with van der Waals surface area (Å²) in [5.74, 6) is 1.93. The van der Waals surface area contributed by atoms with Gasteiger partial charge in [-0.15, -0.1) is 11.8 Å². The van der Waals surface area contributed by atoms with Gasteiger partial charge < -0.3 is 14.8 Å². The van der Waals surface area contributed by atoms with Crippen LogP contribution in [0.25, 0.3) is 5.69 Å². The van der Waals surface area contributed by atoms with Crippen molar-refractivity contribution in [1.82, 2.24) is 9.78 Å². The quantitative estimate of drug-likeness (QED) is 0.557. The first kappa shape index (κ1) is 21.1. The second-order valence-corrected chi connectivity index (χ2v) is 8.67. The lowest BCUT2D eigenvalue weighted by Gasteiger charge is -2.22. The van der Waals surface area contributed by atoms with Gasteiger partial charge in [0.2, 0.25) is 5.91 Å². The van der Waals surface area contributed by atoms with E-state index in [2.05, 4.69) is 11.9 Å². The van der Waals surface area contributed by atoms with Gasteiger partial charge in [-0.25, -0.2) is 4.68 Å². The number of para-hydroxylation sites is 2. The molecule has 2 aromatic carbocycles. The van der Waals surface area contributed by atoms with Crippen LogP contribution in [0, 0.1) is 6.92 Å². The third-order valence-corrected chi connectivity index (χ3v) is 6.56. The van der Waals surface area contributed by atoms with E-state index in [9.17, 15) is 4.79 Å². The lowest BCUT2D eigenvalue weighted by atomic mass is 10.0. The fourth-order valence-corrected chi connectivity index (χ4v) is 5.05. The van der Waals surface area contributed by atoms with Crippen LogP contribution in [0.5, 0.6) is 11.5 Å². The first-order chi connectivity index (χ1) is 15.0. The largest absolute Gasteiger partial charge is 0.493 e. The highest BCUT2D eigenvalue weighted by atomic mass is 32.2. The van der Waals surface area contributed by atoms with Gasteiger partial charge in [-0.3, -0.25) is 4.79 Å². The zero-order chi connectivity index (χ0) is 22.0.